The zero-order chi connectivity index (χ0) is 15.0. The lowest BCUT2D eigenvalue weighted by atomic mass is 10.0. The molecule has 1 unspecified atom stereocenters. The lowest BCUT2D eigenvalue weighted by molar-refractivity contribution is 0.575. The Morgan fingerprint density at radius 3 is 2.52 bits per heavy atom. The van der Waals surface area contributed by atoms with Crippen LogP contribution >= 0.6 is 0 Å². The quantitative estimate of drug-likeness (QED) is 0.804. The summed E-state index contributed by atoms with van der Waals surface area (Å²) in [6.45, 7) is 0. The molecule has 0 saturated carbocycles. The highest BCUT2D eigenvalue weighted by molar-refractivity contribution is 5.82. The first-order valence-corrected chi connectivity index (χ1v) is 6.67. The van der Waals surface area contributed by atoms with Gasteiger partial charge in [-0.1, -0.05) is 18.2 Å². The zero-order valence-corrected chi connectivity index (χ0v) is 11.6. The standard InChI is InChI=1S/C16H15F2N3/c1-21-15-5-3-2-4-13(15)16(20-21)14(19)8-10-6-11(17)9-12(18)7-10/h2-7,9,14H,8,19H2,1H3. The second kappa shape index (κ2) is 5.26. The summed E-state index contributed by atoms with van der Waals surface area (Å²) in [5.74, 6) is -1.19. The van der Waals surface area contributed by atoms with Gasteiger partial charge in [-0.15, -0.1) is 0 Å². The Balaban J connectivity index is 1.95. The largest absolute Gasteiger partial charge is 0.322 e. The molecule has 1 aromatic heterocycles. The van der Waals surface area contributed by atoms with Crippen LogP contribution in [0.2, 0.25) is 0 Å². The number of para-hydroxylation sites is 1. The first-order chi connectivity index (χ1) is 10.0. The summed E-state index contributed by atoms with van der Waals surface area (Å²) in [6.07, 6.45) is 0.329. The number of aromatic nitrogens is 2. The molecule has 5 heteroatoms. The van der Waals surface area contributed by atoms with E-state index in [-0.39, 0.29) is 0 Å². The fraction of sp³-hybridized carbons (Fsp3) is 0.188. The van der Waals surface area contributed by atoms with Crippen LogP contribution in [0.25, 0.3) is 10.9 Å². The van der Waals surface area contributed by atoms with Gasteiger partial charge in [0, 0.05) is 18.5 Å². The molecule has 2 N–H and O–H groups in total. The van der Waals surface area contributed by atoms with Crippen LogP contribution in [-0.4, -0.2) is 9.78 Å². The average Bonchev–Trinajstić information content (AvgIpc) is 2.76. The fourth-order valence-corrected chi connectivity index (χ4v) is 2.60. The number of hydrogen-bond donors (Lipinski definition) is 1. The van der Waals surface area contributed by atoms with Crippen LogP contribution in [-0.2, 0) is 13.5 Å². The van der Waals surface area contributed by atoms with Gasteiger partial charge in [0.15, 0.2) is 0 Å². The number of hydrogen-bond acceptors (Lipinski definition) is 2. The predicted octanol–water partition coefficient (Wildman–Crippen LogP) is 3.09. The highest BCUT2D eigenvalue weighted by atomic mass is 19.1. The summed E-state index contributed by atoms with van der Waals surface area (Å²) in [4.78, 5) is 0. The molecule has 1 atom stereocenters. The molecule has 0 aliphatic rings. The smallest absolute Gasteiger partial charge is 0.126 e. The first kappa shape index (κ1) is 13.7. The van der Waals surface area contributed by atoms with Gasteiger partial charge >= 0.3 is 0 Å². The van der Waals surface area contributed by atoms with E-state index in [1.54, 1.807) is 4.68 Å². The Bertz CT molecular complexity index is 775. The molecule has 0 aliphatic heterocycles. The molecule has 0 aliphatic carbocycles. The molecular weight excluding hydrogens is 272 g/mol. The zero-order valence-electron chi connectivity index (χ0n) is 11.6. The van der Waals surface area contributed by atoms with Crippen LogP contribution in [0.3, 0.4) is 0 Å². The number of benzene rings is 2. The van der Waals surface area contributed by atoms with Crippen molar-refractivity contribution in [2.75, 3.05) is 0 Å². The van der Waals surface area contributed by atoms with Crippen molar-refractivity contribution in [3.63, 3.8) is 0 Å². The monoisotopic (exact) mass is 287 g/mol. The topological polar surface area (TPSA) is 43.8 Å². The normalized spacial score (nSPS) is 12.8. The van der Waals surface area contributed by atoms with Crippen LogP contribution in [0.4, 0.5) is 8.78 Å². The van der Waals surface area contributed by atoms with E-state index in [1.807, 2.05) is 31.3 Å². The maximum absolute atomic E-state index is 13.2. The van der Waals surface area contributed by atoms with Gasteiger partial charge in [0.05, 0.1) is 17.3 Å². The van der Waals surface area contributed by atoms with Gasteiger partial charge in [0.1, 0.15) is 11.6 Å². The van der Waals surface area contributed by atoms with E-state index >= 15 is 0 Å². The Hall–Kier alpha value is -2.27. The van der Waals surface area contributed by atoms with E-state index < -0.39 is 17.7 Å². The highest BCUT2D eigenvalue weighted by Crippen LogP contribution is 2.24. The van der Waals surface area contributed by atoms with Crippen molar-refractivity contribution in [1.82, 2.24) is 9.78 Å². The lowest BCUT2D eigenvalue weighted by Crippen LogP contribution is -2.15. The van der Waals surface area contributed by atoms with Crippen molar-refractivity contribution in [2.45, 2.75) is 12.5 Å². The Labute approximate surface area is 121 Å². The molecule has 0 fully saturated rings. The molecule has 2 aromatic carbocycles. The van der Waals surface area contributed by atoms with E-state index in [4.69, 9.17) is 5.73 Å². The number of nitrogens with zero attached hydrogens (tertiary/aromatic N) is 2. The molecule has 0 spiro atoms. The van der Waals surface area contributed by atoms with E-state index in [2.05, 4.69) is 5.10 Å². The molecule has 108 valence electrons. The third-order valence-electron chi connectivity index (χ3n) is 3.52. The second-order valence-corrected chi connectivity index (χ2v) is 5.11. The molecule has 3 nitrogen and oxygen atoms in total. The summed E-state index contributed by atoms with van der Waals surface area (Å²) in [5.41, 5.74) is 8.42. The molecule has 0 radical (unpaired) electrons. The molecule has 1 heterocycles. The summed E-state index contributed by atoms with van der Waals surface area (Å²) in [7, 11) is 1.85. The van der Waals surface area contributed by atoms with Gasteiger partial charge in [0.25, 0.3) is 0 Å². The van der Waals surface area contributed by atoms with Gasteiger partial charge < -0.3 is 5.73 Å². The fourth-order valence-electron chi connectivity index (χ4n) is 2.60. The molecule has 21 heavy (non-hydrogen) atoms. The van der Waals surface area contributed by atoms with E-state index in [1.165, 1.54) is 12.1 Å². The van der Waals surface area contributed by atoms with Gasteiger partial charge in [-0.05, 0) is 30.2 Å². The maximum atomic E-state index is 13.2. The maximum Gasteiger partial charge on any atom is 0.126 e. The van der Waals surface area contributed by atoms with Crippen LogP contribution in [0.5, 0.6) is 0 Å². The van der Waals surface area contributed by atoms with Crippen molar-refractivity contribution in [1.29, 1.82) is 0 Å². The second-order valence-electron chi connectivity index (χ2n) is 5.11. The van der Waals surface area contributed by atoms with Crippen molar-refractivity contribution in [2.24, 2.45) is 12.8 Å². The molecule has 3 aromatic rings. The minimum atomic E-state index is -0.594. The molecular formula is C16H15F2N3. The Morgan fingerprint density at radius 2 is 1.81 bits per heavy atom. The third-order valence-corrected chi connectivity index (χ3v) is 3.52. The summed E-state index contributed by atoms with van der Waals surface area (Å²) in [5, 5.41) is 5.40. The van der Waals surface area contributed by atoms with Gasteiger partial charge in [0.2, 0.25) is 0 Å². The van der Waals surface area contributed by atoms with Crippen molar-refractivity contribution >= 4 is 10.9 Å². The Morgan fingerprint density at radius 1 is 1.14 bits per heavy atom. The van der Waals surface area contributed by atoms with E-state index in [9.17, 15) is 8.78 Å². The number of fused-ring (bicyclic) bond motifs is 1. The van der Waals surface area contributed by atoms with E-state index in [0.717, 1.165) is 22.7 Å². The predicted molar refractivity (Wildman–Crippen MR) is 77.7 cm³/mol. The molecule has 0 saturated heterocycles. The van der Waals surface area contributed by atoms with Crippen LogP contribution in [0.1, 0.15) is 17.3 Å². The third kappa shape index (κ3) is 2.64. The first-order valence-electron chi connectivity index (χ1n) is 6.67. The van der Waals surface area contributed by atoms with Gasteiger partial charge in [-0.3, -0.25) is 4.68 Å². The summed E-state index contributed by atoms with van der Waals surface area (Å²) in [6, 6.07) is 10.8. The number of aryl methyl sites for hydroxylation is 1. The number of nitrogens with two attached hydrogens (primary N) is 1. The minimum Gasteiger partial charge on any atom is -0.322 e. The highest BCUT2D eigenvalue weighted by Gasteiger charge is 2.16. The van der Waals surface area contributed by atoms with Crippen LogP contribution < -0.4 is 5.73 Å². The van der Waals surface area contributed by atoms with Crippen LogP contribution in [0, 0.1) is 11.6 Å². The lowest BCUT2D eigenvalue weighted by Gasteiger charge is -2.10. The van der Waals surface area contributed by atoms with Crippen molar-refractivity contribution < 1.29 is 8.78 Å². The SMILES string of the molecule is Cn1nc(C(N)Cc2cc(F)cc(F)c2)c2ccccc21. The minimum absolute atomic E-state index is 0.329. The number of halogens is 2. The molecule has 0 bridgehead atoms. The van der Waals surface area contributed by atoms with Gasteiger partial charge in [-0.2, -0.15) is 5.10 Å². The summed E-state index contributed by atoms with van der Waals surface area (Å²) >= 11 is 0. The number of rotatable bonds is 3. The van der Waals surface area contributed by atoms with Gasteiger partial charge in [-0.25, -0.2) is 8.78 Å². The molecule has 3 rings (SSSR count). The molecule has 0 amide bonds. The van der Waals surface area contributed by atoms with Crippen molar-refractivity contribution in [3.8, 4) is 0 Å². The van der Waals surface area contributed by atoms with Crippen molar-refractivity contribution in [3.05, 3.63) is 65.4 Å². The Kier molecular flexibility index (Phi) is 3.43. The summed E-state index contributed by atoms with van der Waals surface area (Å²) < 4.78 is 28.2. The van der Waals surface area contributed by atoms with E-state index in [0.29, 0.717) is 12.0 Å². The average molecular weight is 287 g/mol. The van der Waals surface area contributed by atoms with Crippen LogP contribution in [0.15, 0.2) is 42.5 Å².